The maximum Gasteiger partial charge on any atom is 0.397 e. The molecule has 0 N–H and O–H groups in total. The first-order valence-electron chi connectivity index (χ1n) is 16.3. The summed E-state index contributed by atoms with van der Waals surface area (Å²) in [6.45, 7) is 12.7. The van der Waals surface area contributed by atoms with Gasteiger partial charge in [-0.15, -0.1) is 0 Å². The van der Waals surface area contributed by atoms with Crippen molar-refractivity contribution >= 4 is 8.60 Å². The Labute approximate surface area is 239 Å². The molecule has 0 fully saturated rings. The summed E-state index contributed by atoms with van der Waals surface area (Å²) in [7, 11) is -1.35. The molecule has 0 unspecified atom stereocenters. The van der Waals surface area contributed by atoms with E-state index in [1.807, 2.05) is 0 Å². The van der Waals surface area contributed by atoms with Crippen molar-refractivity contribution in [1.82, 2.24) is 0 Å². The first-order valence-corrected chi connectivity index (χ1v) is 17.4. The largest absolute Gasteiger partial charge is 0.427 e. The molecule has 0 saturated heterocycles. The Morgan fingerprint density at radius 1 is 0.500 bits per heavy atom. The SMILES string of the molecule is CCCCCCCCCCCCOP(OCCCCCCCCCCCC)Oc1ccc(C(C)(C)C)cc1. The molecule has 0 aliphatic carbocycles. The Bertz CT molecular complexity index is 600. The van der Waals surface area contributed by atoms with Gasteiger partial charge >= 0.3 is 8.60 Å². The second-order valence-corrected chi connectivity index (χ2v) is 13.3. The fourth-order valence-corrected chi connectivity index (χ4v) is 5.68. The number of unbranched alkanes of at least 4 members (excludes halogenated alkanes) is 18. The summed E-state index contributed by atoms with van der Waals surface area (Å²) in [4.78, 5) is 0. The molecular weight excluding hydrogens is 487 g/mol. The van der Waals surface area contributed by atoms with Gasteiger partial charge in [0.15, 0.2) is 0 Å². The minimum absolute atomic E-state index is 0.140. The van der Waals surface area contributed by atoms with E-state index in [-0.39, 0.29) is 5.41 Å². The molecule has 3 nitrogen and oxygen atoms in total. The summed E-state index contributed by atoms with van der Waals surface area (Å²) in [5.74, 6) is 0.843. The minimum atomic E-state index is -1.35. The van der Waals surface area contributed by atoms with Crippen molar-refractivity contribution in [3.05, 3.63) is 29.8 Å². The standard InChI is InChI=1S/C34H63O3P/c1-6-8-10-12-14-16-18-20-22-24-30-35-38(37-33-28-26-32(27-29-33)34(3,4)5)36-31-25-23-21-19-17-15-13-11-9-7-2/h26-29H,6-25,30-31H2,1-5H3. The van der Waals surface area contributed by atoms with Crippen molar-refractivity contribution in [1.29, 1.82) is 0 Å². The third-order valence-electron chi connectivity index (χ3n) is 7.29. The lowest BCUT2D eigenvalue weighted by atomic mass is 9.87. The summed E-state index contributed by atoms with van der Waals surface area (Å²) >= 11 is 0. The first-order chi connectivity index (χ1) is 18.5. The zero-order chi connectivity index (χ0) is 27.7. The molecule has 0 saturated carbocycles. The summed E-state index contributed by atoms with van der Waals surface area (Å²) in [6, 6.07) is 8.44. The van der Waals surface area contributed by atoms with E-state index < -0.39 is 8.60 Å². The molecule has 1 rings (SSSR count). The zero-order valence-corrected chi connectivity index (χ0v) is 26.9. The highest BCUT2D eigenvalue weighted by Crippen LogP contribution is 2.41. The Morgan fingerprint density at radius 3 is 1.18 bits per heavy atom. The lowest BCUT2D eigenvalue weighted by Crippen LogP contribution is -2.10. The van der Waals surface area contributed by atoms with Crippen LogP contribution in [0.5, 0.6) is 5.75 Å². The van der Waals surface area contributed by atoms with E-state index in [2.05, 4.69) is 58.9 Å². The van der Waals surface area contributed by atoms with Crippen LogP contribution in [0, 0.1) is 0 Å². The first kappa shape index (κ1) is 35.4. The quantitative estimate of drug-likeness (QED) is 0.0848. The van der Waals surface area contributed by atoms with Gasteiger partial charge in [-0.25, -0.2) is 0 Å². The van der Waals surface area contributed by atoms with Gasteiger partial charge in [0, 0.05) is 0 Å². The molecule has 38 heavy (non-hydrogen) atoms. The van der Waals surface area contributed by atoms with Gasteiger partial charge in [-0.3, -0.25) is 0 Å². The van der Waals surface area contributed by atoms with Crippen LogP contribution in [0.1, 0.15) is 169 Å². The zero-order valence-electron chi connectivity index (χ0n) is 26.0. The number of benzene rings is 1. The Balaban J connectivity index is 2.28. The molecule has 0 amide bonds. The van der Waals surface area contributed by atoms with E-state index in [4.69, 9.17) is 13.6 Å². The van der Waals surface area contributed by atoms with Crippen molar-refractivity contribution in [2.24, 2.45) is 0 Å². The highest BCUT2D eigenvalue weighted by molar-refractivity contribution is 7.42. The highest BCUT2D eigenvalue weighted by atomic mass is 31.2. The summed E-state index contributed by atoms with van der Waals surface area (Å²) in [6.07, 6.45) is 26.6. The van der Waals surface area contributed by atoms with Gasteiger partial charge in [-0.1, -0.05) is 162 Å². The van der Waals surface area contributed by atoms with E-state index in [9.17, 15) is 0 Å². The number of hydrogen-bond acceptors (Lipinski definition) is 3. The minimum Gasteiger partial charge on any atom is -0.427 e. The predicted molar refractivity (Wildman–Crippen MR) is 168 cm³/mol. The maximum absolute atomic E-state index is 6.19. The molecule has 1 aromatic carbocycles. The average molecular weight is 551 g/mol. The molecule has 0 heterocycles. The lowest BCUT2D eigenvalue weighted by molar-refractivity contribution is 0.198. The molecule has 0 atom stereocenters. The van der Waals surface area contributed by atoms with Crippen molar-refractivity contribution in [3.63, 3.8) is 0 Å². The van der Waals surface area contributed by atoms with Gasteiger partial charge < -0.3 is 13.6 Å². The molecular formula is C34H63O3P. The van der Waals surface area contributed by atoms with Crippen molar-refractivity contribution in [3.8, 4) is 5.75 Å². The summed E-state index contributed by atoms with van der Waals surface area (Å²) in [5.41, 5.74) is 1.45. The van der Waals surface area contributed by atoms with Crippen LogP contribution in [0.15, 0.2) is 24.3 Å². The maximum atomic E-state index is 6.19. The van der Waals surface area contributed by atoms with Gasteiger partial charge in [-0.05, 0) is 36.0 Å². The fraction of sp³-hybridized carbons (Fsp3) is 0.824. The van der Waals surface area contributed by atoms with E-state index in [0.29, 0.717) is 0 Å². The molecule has 4 heteroatoms. The number of hydrogen-bond donors (Lipinski definition) is 0. The van der Waals surface area contributed by atoms with Crippen LogP contribution in [0.2, 0.25) is 0 Å². The molecule has 0 radical (unpaired) electrons. The van der Waals surface area contributed by atoms with Crippen LogP contribution in [-0.4, -0.2) is 13.2 Å². The molecule has 1 aromatic rings. The molecule has 0 spiro atoms. The molecule has 222 valence electrons. The monoisotopic (exact) mass is 550 g/mol. The van der Waals surface area contributed by atoms with Crippen molar-refractivity contribution < 1.29 is 13.6 Å². The third-order valence-corrected chi connectivity index (χ3v) is 8.44. The van der Waals surface area contributed by atoms with Crippen molar-refractivity contribution in [2.45, 2.75) is 168 Å². The molecule has 0 aliphatic heterocycles. The highest BCUT2D eigenvalue weighted by Gasteiger charge is 2.17. The van der Waals surface area contributed by atoms with Gasteiger partial charge in [-0.2, -0.15) is 0 Å². The molecule has 0 aromatic heterocycles. The Morgan fingerprint density at radius 2 is 0.842 bits per heavy atom. The number of rotatable bonds is 26. The van der Waals surface area contributed by atoms with E-state index in [0.717, 1.165) is 31.8 Å². The predicted octanol–water partition coefficient (Wildman–Crippen LogP) is 12.5. The molecule has 0 bridgehead atoms. The molecule has 0 aliphatic rings. The normalized spacial score (nSPS) is 11.9. The topological polar surface area (TPSA) is 27.7 Å². The van der Waals surface area contributed by atoms with Crippen LogP contribution < -0.4 is 4.52 Å². The van der Waals surface area contributed by atoms with E-state index in [1.54, 1.807) is 0 Å². The second kappa shape index (κ2) is 24.2. The van der Waals surface area contributed by atoms with E-state index >= 15 is 0 Å². The summed E-state index contributed by atoms with van der Waals surface area (Å²) in [5, 5.41) is 0. The smallest absolute Gasteiger partial charge is 0.397 e. The van der Waals surface area contributed by atoms with Gasteiger partial charge in [0.05, 0.1) is 13.2 Å². The van der Waals surface area contributed by atoms with Crippen LogP contribution >= 0.6 is 8.60 Å². The van der Waals surface area contributed by atoms with Gasteiger partial charge in [0.1, 0.15) is 5.75 Å². The Kier molecular flexibility index (Phi) is 22.5. The van der Waals surface area contributed by atoms with Gasteiger partial charge in [0.25, 0.3) is 0 Å². The average Bonchev–Trinajstić information content (AvgIpc) is 2.90. The van der Waals surface area contributed by atoms with Crippen molar-refractivity contribution in [2.75, 3.05) is 13.2 Å². The Hall–Kier alpha value is -0.630. The van der Waals surface area contributed by atoms with Crippen LogP contribution in [-0.2, 0) is 14.5 Å². The van der Waals surface area contributed by atoms with Gasteiger partial charge in [0.2, 0.25) is 0 Å². The fourth-order valence-electron chi connectivity index (χ4n) is 4.65. The third kappa shape index (κ3) is 20.3. The van der Waals surface area contributed by atoms with Crippen LogP contribution in [0.3, 0.4) is 0 Å². The van der Waals surface area contributed by atoms with Crippen LogP contribution in [0.25, 0.3) is 0 Å². The second-order valence-electron chi connectivity index (χ2n) is 12.1. The van der Waals surface area contributed by atoms with Crippen LogP contribution in [0.4, 0.5) is 0 Å². The lowest BCUT2D eigenvalue weighted by Gasteiger charge is -2.20. The van der Waals surface area contributed by atoms with E-state index in [1.165, 1.54) is 121 Å². The summed E-state index contributed by atoms with van der Waals surface area (Å²) < 4.78 is 18.4.